The summed E-state index contributed by atoms with van der Waals surface area (Å²) in [5.74, 6) is 1.89. The zero-order chi connectivity index (χ0) is 13.5. The average molecular weight is 273 g/mol. The number of ether oxygens (including phenoxy) is 2. The van der Waals surface area contributed by atoms with Crippen molar-refractivity contribution in [1.82, 2.24) is 5.32 Å². The molecule has 0 radical (unpaired) electrons. The number of hydrogen-bond donors (Lipinski definition) is 1. The highest BCUT2D eigenvalue weighted by atomic mass is 16.5. The summed E-state index contributed by atoms with van der Waals surface area (Å²) in [4.78, 5) is 0. The highest BCUT2D eigenvalue weighted by Gasteiger charge is 2.40. The largest absolute Gasteiger partial charge is 0.488 e. The van der Waals surface area contributed by atoms with Crippen molar-refractivity contribution in [2.24, 2.45) is 5.92 Å². The molecule has 3 unspecified atom stereocenters. The topological polar surface area (TPSA) is 30.5 Å². The molecule has 2 aliphatic heterocycles. The number of benzene rings is 1. The normalized spacial score (nSPS) is 32.1. The van der Waals surface area contributed by atoms with E-state index in [1.54, 1.807) is 0 Å². The Balaban J connectivity index is 1.33. The summed E-state index contributed by atoms with van der Waals surface area (Å²) in [6.07, 6.45) is 5.64. The Morgan fingerprint density at radius 2 is 2.15 bits per heavy atom. The molecule has 2 heterocycles. The van der Waals surface area contributed by atoms with E-state index in [1.807, 2.05) is 0 Å². The fourth-order valence-corrected chi connectivity index (χ4v) is 3.56. The fourth-order valence-electron chi connectivity index (χ4n) is 3.56. The quantitative estimate of drug-likeness (QED) is 0.914. The Kier molecular flexibility index (Phi) is 3.20. The SMILES string of the molecule is Cc1ccc2c(c1)CC(CNC1CCOC1C1CC1)O2. The Labute approximate surface area is 120 Å². The highest BCUT2D eigenvalue weighted by Crippen LogP contribution is 2.38. The summed E-state index contributed by atoms with van der Waals surface area (Å²) >= 11 is 0. The van der Waals surface area contributed by atoms with Crippen LogP contribution in [0.15, 0.2) is 18.2 Å². The highest BCUT2D eigenvalue weighted by molar-refractivity contribution is 5.40. The van der Waals surface area contributed by atoms with Crippen LogP contribution in [0.5, 0.6) is 5.75 Å². The van der Waals surface area contributed by atoms with Crippen molar-refractivity contribution in [1.29, 1.82) is 0 Å². The van der Waals surface area contributed by atoms with Gasteiger partial charge in [0.05, 0.1) is 6.10 Å². The van der Waals surface area contributed by atoms with Crippen LogP contribution in [0.25, 0.3) is 0 Å². The third kappa shape index (κ3) is 2.45. The molecule has 3 atom stereocenters. The molecule has 20 heavy (non-hydrogen) atoms. The van der Waals surface area contributed by atoms with E-state index >= 15 is 0 Å². The van der Waals surface area contributed by atoms with Crippen molar-refractivity contribution in [3.8, 4) is 5.75 Å². The Morgan fingerprint density at radius 1 is 1.25 bits per heavy atom. The number of hydrogen-bond acceptors (Lipinski definition) is 3. The van der Waals surface area contributed by atoms with Gasteiger partial charge >= 0.3 is 0 Å². The molecule has 0 amide bonds. The van der Waals surface area contributed by atoms with Gasteiger partial charge in [-0.25, -0.2) is 0 Å². The molecule has 3 heteroatoms. The van der Waals surface area contributed by atoms with Crippen molar-refractivity contribution in [3.05, 3.63) is 29.3 Å². The lowest BCUT2D eigenvalue weighted by Gasteiger charge is -2.21. The van der Waals surface area contributed by atoms with Gasteiger partial charge < -0.3 is 14.8 Å². The molecular formula is C17H23NO2. The van der Waals surface area contributed by atoms with E-state index in [0.29, 0.717) is 12.1 Å². The minimum atomic E-state index is 0.284. The van der Waals surface area contributed by atoms with E-state index in [1.165, 1.54) is 24.0 Å². The maximum Gasteiger partial charge on any atom is 0.123 e. The van der Waals surface area contributed by atoms with Gasteiger partial charge in [0.1, 0.15) is 11.9 Å². The van der Waals surface area contributed by atoms with Gasteiger partial charge in [0, 0.05) is 25.6 Å². The van der Waals surface area contributed by atoms with Gasteiger partial charge in [-0.15, -0.1) is 0 Å². The first kappa shape index (κ1) is 12.7. The molecule has 1 aromatic carbocycles. The smallest absolute Gasteiger partial charge is 0.123 e. The third-order valence-corrected chi connectivity index (χ3v) is 4.79. The summed E-state index contributed by atoms with van der Waals surface area (Å²) in [5.41, 5.74) is 2.68. The summed E-state index contributed by atoms with van der Waals surface area (Å²) < 4.78 is 11.9. The zero-order valence-corrected chi connectivity index (χ0v) is 12.1. The standard InChI is InChI=1S/C17H23NO2/c1-11-2-5-16-13(8-11)9-14(20-16)10-18-15-6-7-19-17(15)12-3-4-12/h2,5,8,12,14-15,17-18H,3-4,6-7,9-10H2,1H3. The fraction of sp³-hybridized carbons (Fsp3) is 0.647. The van der Waals surface area contributed by atoms with Crippen LogP contribution in [-0.2, 0) is 11.2 Å². The molecule has 1 saturated heterocycles. The van der Waals surface area contributed by atoms with E-state index in [9.17, 15) is 0 Å². The molecule has 0 aromatic heterocycles. The summed E-state index contributed by atoms with van der Waals surface area (Å²) in [5, 5.41) is 3.69. The van der Waals surface area contributed by atoms with Crippen molar-refractivity contribution in [2.75, 3.05) is 13.2 Å². The van der Waals surface area contributed by atoms with Crippen LogP contribution in [0.4, 0.5) is 0 Å². The molecule has 1 aliphatic carbocycles. The van der Waals surface area contributed by atoms with Crippen LogP contribution in [0.2, 0.25) is 0 Å². The molecular weight excluding hydrogens is 250 g/mol. The predicted molar refractivity (Wildman–Crippen MR) is 78.2 cm³/mol. The van der Waals surface area contributed by atoms with Crippen LogP contribution >= 0.6 is 0 Å². The van der Waals surface area contributed by atoms with Gasteiger partial charge in [0.15, 0.2) is 0 Å². The first-order chi connectivity index (χ1) is 9.79. The second kappa shape index (κ2) is 5.05. The average Bonchev–Trinajstić information content (AvgIpc) is 3.03. The molecule has 2 fully saturated rings. The molecule has 3 aliphatic rings. The summed E-state index contributed by atoms with van der Waals surface area (Å²) in [7, 11) is 0. The molecule has 108 valence electrons. The van der Waals surface area contributed by atoms with Crippen molar-refractivity contribution in [3.63, 3.8) is 0 Å². The molecule has 0 bridgehead atoms. The molecule has 0 spiro atoms. The minimum absolute atomic E-state index is 0.284. The number of nitrogens with one attached hydrogen (secondary N) is 1. The van der Waals surface area contributed by atoms with E-state index in [4.69, 9.17) is 9.47 Å². The number of fused-ring (bicyclic) bond motifs is 1. The number of aryl methyl sites for hydroxylation is 1. The first-order valence-electron chi connectivity index (χ1n) is 7.91. The molecule has 1 saturated carbocycles. The Morgan fingerprint density at radius 3 is 3.00 bits per heavy atom. The minimum Gasteiger partial charge on any atom is -0.488 e. The first-order valence-corrected chi connectivity index (χ1v) is 7.91. The summed E-state index contributed by atoms with van der Waals surface area (Å²) in [6.45, 7) is 4.00. The van der Waals surface area contributed by atoms with Crippen LogP contribution in [0.3, 0.4) is 0 Å². The lowest BCUT2D eigenvalue weighted by Crippen LogP contribution is -2.42. The van der Waals surface area contributed by atoms with Crippen LogP contribution in [0.1, 0.15) is 30.4 Å². The summed E-state index contributed by atoms with van der Waals surface area (Å²) in [6, 6.07) is 7.02. The van der Waals surface area contributed by atoms with Gasteiger partial charge in [0.2, 0.25) is 0 Å². The van der Waals surface area contributed by atoms with Crippen molar-refractivity contribution >= 4 is 0 Å². The second-order valence-corrected chi connectivity index (χ2v) is 6.53. The van der Waals surface area contributed by atoms with Crippen LogP contribution in [-0.4, -0.2) is 31.4 Å². The lowest BCUT2D eigenvalue weighted by atomic mass is 10.0. The number of rotatable bonds is 4. The van der Waals surface area contributed by atoms with E-state index in [0.717, 1.165) is 37.7 Å². The Hall–Kier alpha value is -1.06. The maximum atomic E-state index is 6.03. The van der Waals surface area contributed by atoms with Gasteiger partial charge in [-0.05, 0) is 43.7 Å². The predicted octanol–water partition coefficient (Wildman–Crippen LogP) is 2.46. The van der Waals surface area contributed by atoms with Crippen LogP contribution in [0, 0.1) is 12.8 Å². The molecule has 1 N–H and O–H groups in total. The Bertz CT molecular complexity index is 498. The van der Waals surface area contributed by atoms with Gasteiger partial charge in [-0.2, -0.15) is 0 Å². The van der Waals surface area contributed by atoms with E-state index < -0.39 is 0 Å². The monoisotopic (exact) mass is 273 g/mol. The molecule has 1 aromatic rings. The van der Waals surface area contributed by atoms with Crippen LogP contribution < -0.4 is 10.1 Å². The van der Waals surface area contributed by atoms with Gasteiger partial charge in [-0.3, -0.25) is 0 Å². The van der Waals surface area contributed by atoms with Gasteiger partial charge in [-0.1, -0.05) is 17.7 Å². The zero-order valence-electron chi connectivity index (χ0n) is 12.1. The van der Waals surface area contributed by atoms with E-state index in [2.05, 4.69) is 30.4 Å². The lowest BCUT2D eigenvalue weighted by molar-refractivity contribution is 0.0789. The van der Waals surface area contributed by atoms with Crippen molar-refractivity contribution < 1.29 is 9.47 Å². The second-order valence-electron chi connectivity index (χ2n) is 6.53. The third-order valence-electron chi connectivity index (χ3n) is 4.79. The molecule has 3 nitrogen and oxygen atoms in total. The maximum absolute atomic E-state index is 6.03. The van der Waals surface area contributed by atoms with E-state index in [-0.39, 0.29) is 6.10 Å². The molecule has 4 rings (SSSR count). The van der Waals surface area contributed by atoms with Crippen molar-refractivity contribution in [2.45, 2.75) is 50.9 Å². The van der Waals surface area contributed by atoms with Gasteiger partial charge in [0.25, 0.3) is 0 Å².